The van der Waals surface area contributed by atoms with E-state index < -0.39 is 20.4 Å². The molecule has 0 unspecified atom stereocenters. The van der Waals surface area contributed by atoms with E-state index in [4.69, 9.17) is 23.6 Å². The van der Waals surface area contributed by atoms with Gasteiger partial charge in [-0.15, -0.1) is 0 Å². The maximum Gasteiger partial charge on any atom is 0.335 e. The van der Waals surface area contributed by atoms with E-state index >= 15 is 0 Å². The van der Waals surface area contributed by atoms with Gasteiger partial charge in [-0.1, -0.05) is 33.6 Å². The zero-order valence-corrected chi connectivity index (χ0v) is 26.1. The van der Waals surface area contributed by atoms with Gasteiger partial charge >= 0.3 is 5.97 Å². The molecule has 8 nitrogen and oxygen atoms in total. The van der Waals surface area contributed by atoms with E-state index in [1.165, 1.54) is 0 Å². The van der Waals surface area contributed by atoms with Crippen LogP contribution in [0.25, 0.3) is 11.0 Å². The van der Waals surface area contributed by atoms with Crippen LogP contribution in [0.4, 0.5) is 0 Å². The first kappa shape index (κ1) is 30.1. The number of imidazole rings is 1. The van der Waals surface area contributed by atoms with Gasteiger partial charge in [-0.2, -0.15) is 0 Å². The van der Waals surface area contributed by atoms with E-state index in [0.717, 1.165) is 59.7 Å². The lowest BCUT2D eigenvalue weighted by Crippen LogP contribution is -2.45. The quantitative estimate of drug-likeness (QED) is 0.235. The average molecular weight is 569 g/mol. The Morgan fingerprint density at radius 3 is 2.27 bits per heavy atom. The minimum atomic E-state index is -2.26. The minimum Gasteiger partial charge on any atom is -0.496 e. The summed E-state index contributed by atoms with van der Waals surface area (Å²) in [6.07, 6.45) is 4.23. The average Bonchev–Trinajstić information content (AvgIpc) is 3.55. The highest BCUT2D eigenvalue weighted by Crippen LogP contribution is 2.44. The second kappa shape index (κ2) is 11.9. The van der Waals surface area contributed by atoms with Crippen LogP contribution in [0.3, 0.4) is 0 Å². The van der Waals surface area contributed by atoms with Gasteiger partial charge in [0.15, 0.2) is 8.32 Å². The highest BCUT2D eigenvalue weighted by Gasteiger charge is 2.42. The van der Waals surface area contributed by atoms with Crippen molar-refractivity contribution >= 4 is 25.3 Å². The lowest BCUT2D eigenvalue weighted by atomic mass is 9.99. The van der Waals surface area contributed by atoms with E-state index in [0.29, 0.717) is 11.9 Å². The van der Waals surface area contributed by atoms with Crippen molar-refractivity contribution in [2.75, 3.05) is 14.2 Å². The predicted molar refractivity (Wildman–Crippen MR) is 159 cm³/mol. The van der Waals surface area contributed by atoms with Crippen molar-refractivity contribution in [3.8, 4) is 11.5 Å². The zero-order chi connectivity index (χ0) is 29.2. The number of aromatic carboxylic acids is 1. The largest absolute Gasteiger partial charge is 0.496 e. The molecule has 1 saturated carbocycles. The van der Waals surface area contributed by atoms with Gasteiger partial charge in [-0.3, -0.25) is 0 Å². The van der Waals surface area contributed by atoms with Gasteiger partial charge in [0.2, 0.25) is 0 Å². The Hall–Kier alpha value is -2.88. The summed E-state index contributed by atoms with van der Waals surface area (Å²) in [7, 11) is 1.07. The smallest absolute Gasteiger partial charge is 0.335 e. The van der Waals surface area contributed by atoms with Gasteiger partial charge in [-0.05, 0) is 73.8 Å². The van der Waals surface area contributed by atoms with Gasteiger partial charge in [0.05, 0.1) is 49.1 Å². The van der Waals surface area contributed by atoms with Crippen molar-refractivity contribution in [3.63, 3.8) is 0 Å². The molecule has 0 bridgehead atoms. The molecule has 0 saturated heterocycles. The second-order valence-corrected chi connectivity index (χ2v) is 17.1. The van der Waals surface area contributed by atoms with Crippen LogP contribution < -0.4 is 9.47 Å². The third-order valence-corrected chi connectivity index (χ3v) is 13.0. The fraction of sp³-hybridized carbons (Fsp3) is 0.548. The summed E-state index contributed by atoms with van der Waals surface area (Å²) in [6, 6.07) is 9.04. The van der Waals surface area contributed by atoms with Crippen molar-refractivity contribution in [1.29, 1.82) is 0 Å². The van der Waals surface area contributed by atoms with Crippen LogP contribution in [-0.2, 0) is 15.6 Å². The van der Waals surface area contributed by atoms with Gasteiger partial charge < -0.3 is 28.7 Å². The molecule has 1 aliphatic rings. The van der Waals surface area contributed by atoms with Crippen molar-refractivity contribution in [2.45, 2.75) is 96.2 Å². The molecule has 1 aliphatic carbocycles. The normalized spacial score (nSPS) is 16.3. The van der Waals surface area contributed by atoms with Crippen molar-refractivity contribution in [3.05, 3.63) is 52.8 Å². The van der Waals surface area contributed by atoms with Crippen LogP contribution >= 0.6 is 0 Å². The SMILES string of the molecule is COc1cc([C@@H](O[Si](C)(C)C(C)(C)C)[C@H](Cc2nc3cc(C(=O)O)ccc3[nH]2)OC2CCCC2)cc(OC)c1C. The van der Waals surface area contributed by atoms with Crippen LogP contribution in [0.1, 0.15) is 79.9 Å². The maximum atomic E-state index is 11.5. The number of H-pyrrole nitrogens is 1. The highest BCUT2D eigenvalue weighted by atomic mass is 28.4. The van der Waals surface area contributed by atoms with Crippen LogP contribution in [0, 0.1) is 6.92 Å². The van der Waals surface area contributed by atoms with E-state index in [-0.39, 0.29) is 22.8 Å². The van der Waals surface area contributed by atoms with Crippen molar-refractivity contribution < 1.29 is 28.5 Å². The molecule has 2 aromatic carbocycles. The number of carboxylic acids is 1. The van der Waals surface area contributed by atoms with Gasteiger partial charge in [0.1, 0.15) is 17.3 Å². The molecule has 1 heterocycles. The number of ether oxygens (including phenoxy) is 3. The minimum absolute atomic E-state index is 0.0192. The lowest BCUT2D eigenvalue weighted by molar-refractivity contribution is -0.0712. The number of hydrogen-bond donors (Lipinski definition) is 2. The monoisotopic (exact) mass is 568 g/mol. The third-order valence-electron chi connectivity index (χ3n) is 8.51. The summed E-state index contributed by atoms with van der Waals surface area (Å²) in [6.45, 7) is 13.2. The highest BCUT2D eigenvalue weighted by molar-refractivity contribution is 6.74. The number of hydrogen-bond acceptors (Lipinski definition) is 6. The first-order valence-corrected chi connectivity index (χ1v) is 17.0. The second-order valence-electron chi connectivity index (χ2n) is 12.4. The molecule has 1 fully saturated rings. The molecule has 2 atom stereocenters. The fourth-order valence-electron chi connectivity index (χ4n) is 5.10. The van der Waals surface area contributed by atoms with Crippen LogP contribution in [-0.4, -0.2) is 55.8 Å². The van der Waals surface area contributed by atoms with E-state index in [2.05, 4.69) is 38.8 Å². The number of carbonyl (C=O) groups is 1. The van der Waals surface area contributed by atoms with Crippen LogP contribution in [0.5, 0.6) is 11.5 Å². The molecule has 3 aromatic rings. The number of aromatic amines is 1. The third kappa shape index (κ3) is 6.53. The first-order valence-electron chi connectivity index (χ1n) is 14.1. The maximum absolute atomic E-state index is 11.5. The van der Waals surface area contributed by atoms with E-state index in [1.807, 2.05) is 19.1 Å². The van der Waals surface area contributed by atoms with Crippen molar-refractivity contribution in [1.82, 2.24) is 9.97 Å². The molecule has 0 aliphatic heterocycles. The lowest BCUT2D eigenvalue weighted by Gasteiger charge is -2.42. The number of methoxy groups -OCH3 is 2. The predicted octanol–water partition coefficient (Wildman–Crippen LogP) is 7.22. The van der Waals surface area contributed by atoms with E-state index in [1.54, 1.807) is 32.4 Å². The number of fused-ring (bicyclic) bond motifs is 1. The Morgan fingerprint density at radius 2 is 1.73 bits per heavy atom. The summed E-state index contributed by atoms with van der Waals surface area (Å²) in [5.41, 5.74) is 3.49. The Kier molecular flexibility index (Phi) is 8.97. The topological polar surface area (TPSA) is 103 Å². The Morgan fingerprint density at radius 1 is 1.10 bits per heavy atom. The van der Waals surface area contributed by atoms with Crippen LogP contribution in [0.2, 0.25) is 18.1 Å². The zero-order valence-electron chi connectivity index (χ0n) is 25.1. The molecule has 0 spiro atoms. The molecule has 9 heteroatoms. The Balaban J connectivity index is 1.81. The molecule has 4 rings (SSSR count). The summed E-state index contributed by atoms with van der Waals surface area (Å²) in [4.78, 5) is 19.7. The number of carboxylic acid groups (broad SMARTS) is 1. The Bertz CT molecular complexity index is 1310. The fourth-order valence-corrected chi connectivity index (χ4v) is 6.38. The molecular weight excluding hydrogens is 524 g/mol. The summed E-state index contributed by atoms with van der Waals surface area (Å²) >= 11 is 0. The summed E-state index contributed by atoms with van der Waals surface area (Å²) in [5.74, 6) is 1.24. The van der Waals surface area contributed by atoms with Crippen molar-refractivity contribution in [2.24, 2.45) is 0 Å². The molecule has 40 heavy (non-hydrogen) atoms. The summed E-state index contributed by atoms with van der Waals surface area (Å²) < 4.78 is 25.6. The van der Waals surface area contributed by atoms with Crippen LogP contribution in [0.15, 0.2) is 30.3 Å². The number of nitrogens with one attached hydrogen (secondary N) is 1. The number of benzene rings is 2. The molecular formula is C31H44N2O6Si. The van der Waals surface area contributed by atoms with Gasteiger partial charge in [-0.25, -0.2) is 9.78 Å². The standard InChI is InChI=1S/C31H44N2O6Si/c1-19-25(36-5)16-21(17-26(19)37-6)29(39-40(7,8)31(2,3)4)27(38-22-11-9-10-12-22)18-28-32-23-14-13-20(30(34)35)15-24(23)33-28/h13-17,22,27,29H,9-12,18H2,1-8H3,(H,32,33)(H,34,35)/t27-,29+/m0/s1. The molecule has 1 aromatic heterocycles. The molecule has 218 valence electrons. The molecule has 2 N–H and O–H groups in total. The Labute approximate surface area is 238 Å². The molecule has 0 radical (unpaired) electrons. The summed E-state index contributed by atoms with van der Waals surface area (Å²) in [5, 5.41) is 9.42. The van der Waals surface area contributed by atoms with Gasteiger partial charge in [0.25, 0.3) is 0 Å². The molecule has 0 amide bonds. The van der Waals surface area contributed by atoms with E-state index in [9.17, 15) is 9.90 Å². The number of nitrogens with zero attached hydrogens (tertiary/aromatic N) is 1. The number of aromatic nitrogens is 2. The first-order chi connectivity index (χ1) is 18.8. The van der Waals surface area contributed by atoms with Gasteiger partial charge in [0, 0.05) is 12.0 Å². The number of rotatable bonds is 11.